The van der Waals surface area contributed by atoms with Gasteiger partial charge in [-0.2, -0.15) is 0 Å². The first kappa shape index (κ1) is 16.1. The summed E-state index contributed by atoms with van der Waals surface area (Å²) in [6.07, 6.45) is 2.41. The molecule has 0 bridgehead atoms. The van der Waals surface area contributed by atoms with Gasteiger partial charge in [-0.3, -0.25) is 4.79 Å². The van der Waals surface area contributed by atoms with Gasteiger partial charge in [0.1, 0.15) is 5.82 Å². The number of fused-ring (bicyclic) bond motifs is 1. The summed E-state index contributed by atoms with van der Waals surface area (Å²) in [5, 5.41) is 2.96. The summed E-state index contributed by atoms with van der Waals surface area (Å²) >= 11 is 0. The number of nitrogens with one attached hydrogen (secondary N) is 1. The minimum Gasteiger partial charge on any atom is -0.493 e. The molecule has 2 heterocycles. The molecule has 0 atom stereocenters. The lowest BCUT2D eigenvalue weighted by molar-refractivity contribution is 0.0721. The Labute approximate surface area is 141 Å². The van der Waals surface area contributed by atoms with Gasteiger partial charge < -0.3 is 19.7 Å². The van der Waals surface area contributed by atoms with Crippen molar-refractivity contribution in [3.05, 3.63) is 47.7 Å². The molecule has 2 aromatic rings. The number of para-hydroxylation sites is 1. The van der Waals surface area contributed by atoms with Gasteiger partial charge in [0.05, 0.1) is 13.7 Å². The molecule has 1 amide bonds. The van der Waals surface area contributed by atoms with Gasteiger partial charge in [-0.25, -0.2) is 4.98 Å². The third-order valence-electron chi connectivity index (χ3n) is 4.01. The molecule has 0 radical (unpaired) electrons. The van der Waals surface area contributed by atoms with Crippen molar-refractivity contribution in [1.82, 2.24) is 9.88 Å². The third-order valence-corrected chi connectivity index (χ3v) is 4.01. The molecule has 1 N–H and O–H groups in total. The Hall–Kier alpha value is -2.76. The van der Waals surface area contributed by atoms with E-state index in [0.29, 0.717) is 36.8 Å². The highest BCUT2D eigenvalue weighted by atomic mass is 16.5. The molecule has 0 unspecified atom stereocenters. The summed E-state index contributed by atoms with van der Waals surface area (Å²) < 4.78 is 11.2. The number of benzene rings is 1. The molecule has 6 heteroatoms. The van der Waals surface area contributed by atoms with Crippen LogP contribution in [-0.2, 0) is 6.54 Å². The normalized spacial score (nSPS) is 14.0. The molecule has 1 aromatic heterocycles. The Bertz CT molecular complexity index is 733. The van der Waals surface area contributed by atoms with E-state index in [2.05, 4.69) is 10.3 Å². The molecule has 24 heavy (non-hydrogen) atoms. The monoisotopic (exact) mass is 327 g/mol. The second-order valence-electron chi connectivity index (χ2n) is 5.56. The maximum Gasteiger partial charge on any atom is 0.254 e. The molecule has 0 saturated carbocycles. The summed E-state index contributed by atoms with van der Waals surface area (Å²) in [6, 6.07) is 9.26. The molecule has 3 rings (SSSR count). The first-order chi connectivity index (χ1) is 11.7. The predicted octanol–water partition coefficient (Wildman–Crippen LogP) is 2.56. The van der Waals surface area contributed by atoms with E-state index in [4.69, 9.17) is 9.47 Å². The third kappa shape index (κ3) is 3.27. The fourth-order valence-corrected chi connectivity index (χ4v) is 2.78. The largest absolute Gasteiger partial charge is 0.493 e. The maximum absolute atomic E-state index is 12.9. The van der Waals surface area contributed by atoms with Crippen LogP contribution in [0, 0.1) is 0 Å². The summed E-state index contributed by atoms with van der Waals surface area (Å²) in [7, 11) is 3.41. The van der Waals surface area contributed by atoms with Crippen molar-refractivity contribution in [2.75, 3.05) is 32.6 Å². The fourth-order valence-electron chi connectivity index (χ4n) is 2.78. The van der Waals surface area contributed by atoms with Gasteiger partial charge in [0.15, 0.2) is 11.5 Å². The molecule has 1 aromatic carbocycles. The van der Waals surface area contributed by atoms with Crippen molar-refractivity contribution in [1.29, 1.82) is 0 Å². The lowest BCUT2D eigenvalue weighted by atomic mass is 10.1. The second-order valence-corrected chi connectivity index (χ2v) is 5.56. The number of amides is 1. The SMILES string of the molecule is CNc1cc(C(=O)N2CCCOc3c(cccc3OC)C2)ccn1. The zero-order chi connectivity index (χ0) is 16.9. The van der Waals surface area contributed by atoms with Gasteiger partial charge in [-0.15, -0.1) is 0 Å². The van der Waals surface area contributed by atoms with E-state index in [-0.39, 0.29) is 5.91 Å². The zero-order valence-corrected chi connectivity index (χ0v) is 13.9. The molecule has 126 valence electrons. The van der Waals surface area contributed by atoms with Gasteiger partial charge in [0.25, 0.3) is 5.91 Å². The summed E-state index contributed by atoms with van der Waals surface area (Å²) in [4.78, 5) is 18.9. The van der Waals surface area contributed by atoms with Crippen LogP contribution in [0.5, 0.6) is 11.5 Å². The average molecular weight is 327 g/mol. The van der Waals surface area contributed by atoms with Crippen LogP contribution in [0.1, 0.15) is 22.3 Å². The highest BCUT2D eigenvalue weighted by molar-refractivity contribution is 5.94. The van der Waals surface area contributed by atoms with Gasteiger partial charge in [-0.05, 0) is 24.6 Å². The number of hydrogen-bond acceptors (Lipinski definition) is 5. The first-order valence-electron chi connectivity index (χ1n) is 7.94. The van der Waals surface area contributed by atoms with Crippen LogP contribution in [0.4, 0.5) is 5.82 Å². The van der Waals surface area contributed by atoms with E-state index in [1.54, 1.807) is 32.5 Å². The van der Waals surface area contributed by atoms with E-state index in [1.165, 1.54) is 0 Å². The van der Waals surface area contributed by atoms with Crippen LogP contribution in [0.2, 0.25) is 0 Å². The summed E-state index contributed by atoms with van der Waals surface area (Å²) in [5.41, 5.74) is 1.57. The Morgan fingerprint density at radius 3 is 3.04 bits per heavy atom. The Morgan fingerprint density at radius 1 is 1.38 bits per heavy atom. The van der Waals surface area contributed by atoms with Gasteiger partial charge in [0, 0.05) is 37.5 Å². The second kappa shape index (κ2) is 7.21. The van der Waals surface area contributed by atoms with Gasteiger partial charge in [-0.1, -0.05) is 12.1 Å². The number of methoxy groups -OCH3 is 1. The Balaban J connectivity index is 1.89. The van der Waals surface area contributed by atoms with Crippen molar-refractivity contribution in [2.24, 2.45) is 0 Å². The number of aromatic nitrogens is 1. The molecule has 6 nitrogen and oxygen atoms in total. The Kier molecular flexibility index (Phi) is 4.84. The predicted molar refractivity (Wildman–Crippen MR) is 91.6 cm³/mol. The summed E-state index contributed by atoms with van der Waals surface area (Å²) in [5.74, 6) is 2.09. The molecular weight excluding hydrogens is 306 g/mol. The number of rotatable bonds is 3. The average Bonchev–Trinajstić information content (AvgIpc) is 2.61. The smallest absolute Gasteiger partial charge is 0.254 e. The van der Waals surface area contributed by atoms with Gasteiger partial charge >= 0.3 is 0 Å². The van der Waals surface area contributed by atoms with Crippen LogP contribution < -0.4 is 14.8 Å². The fraction of sp³-hybridized carbons (Fsp3) is 0.333. The molecule has 1 aliphatic heterocycles. The topological polar surface area (TPSA) is 63.7 Å². The highest BCUT2D eigenvalue weighted by Crippen LogP contribution is 2.33. The van der Waals surface area contributed by atoms with Crippen molar-refractivity contribution < 1.29 is 14.3 Å². The lowest BCUT2D eigenvalue weighted by Crippen LogP contribution is -2.33. The molecular formula is C18H21N3O3. The molecule has 0 spiro atoms. The van der Waals surface area contributed by atoms with Crippen LogP contribution in [0.15, 0.2) is 36.5 Å². The number of nitrogens with zero attached hydrogens (tertiary/aromatic N) is 2. The number of anilines is 1. The quantitative estimate of drug-likeness (QED) is 0.939. The van der Waals surface area contributed by atoms with E-state index in [1.807, 2.05) is 23.1 Å². The number of hydrogen-bond donors (Lipinski definition) is 1. The molecule has 0 saturated heterocycles. The van der Waals surface area contributed by atoms with Crippen LogP contribution in [0.25, 0.3) is 0 Å². The van der Waals surface area contributed by atoms with Gasteiger partial charge in [0.2, 0.25) is 0 Å². The number of carbonyl (C=O) groups is 1. The van der Waals surface area contributed by atoms with Crippen molar-refractivity contribution in [2.45, 2.75) is 13.0 Å². The van der Waals surface area contributed by atoms with Crippen LogP contribution in [0.3, 0.4) is 0 Å². The Morgan fingerprint density at radius 2 is 2.25 bits per heavy atom. The van der Waals surface area contributed by atoms with E-state index >= 15 is 0 Å². The minimum absolute atomic E-state index is 0.00966. The van der Waals surface area contributed by atoms with Crippen molar-refractivity contribution >= 4 is 11.7 Å². The van der Waals surface area contributed by atoms with E-state index < -0.39 is 0 Å². The molecule has 0 fully saturated rings. The first-order valence-corrected chi connectivity index (χ1v) is 7.94. The molecule has 1 aliphatic rings. The van der Waals surface area contributed by atoms with Crippen molar-refractivity contribution in [3.8, 4) is 11.5 Å². The highest BCUT2D eigenvalue weighted by Gasteiger charge is 2.22. The minimum atomic E-state index is -0.00966. The maximum atomic E-state index is 12.9. The van der Waals surface area contributed by atoms with Crippen LogP contribution >= 0.6 is 0 Å². The van der Waals surface area contributed by atoms with E-state index in [0.717, 1.165) is 17.7 Å². The number of pyridine rings is 1. The standard InChI is InChI=1S/C18H21N3O3/c1-19-16-11-13(7-8-20-16)18(22)21-9-4-10-24-17-14(12-21)5-3-6-15(17)23-2/h3,5-8,11H,4,9-10,12H2,1-2H3,(H,19,20). The zero-order valence-electron chi connectivity index (χ0n) is 13.9. The number of carbonyl (C=O) groups excluding carboxylic acids is 1. The lowest BCUT2D eigenvalue weighted by Gasteiger charge is -2.27. The van der Waals surface area contributed by atoms with Crippen LogP contribution in [-0.4, -0.2) is 43.1 Å². The van der Waals surface area contributed by atoms with E-state index in [9.17, 15) is 4.79 Å². The van der Waals surface area contributed by atoms with Crippen molar-refractivity contribution in [3.63, 3.8) is 0 Å². The number of ether oxygens (including phenoxy) is 2. The molecule has 0 aliphatic carbocycles. The summed E-state index contributed by atoms with van der Waals surface area (Å²) in [6.45, 7) is 1.69.